The molecule has 0 spiro atoms. The molecule has 0 radical (unpaired) electrons. The highest BCUT2D eigenvalue weighted by Crippen LogP contribution is 2.22. The SMILES string of the molecule is N#CC1=CC(=O)C(C#N)=C(Br)C1=O. The van der Waals surface area contributed by atoms with Gasteiger partial charge < -0.3 is 0 Å². The van der Waals surface area contributed by atoms with E-state index < -0.39 is 11.6 Å². The topological polar surface area (TPSA) is 81.7 Å². The lowest BCUT2D eigenvalue weighted by molar-refractivity contribution is -0.114. The van der Waals surface area contributed by atoms with E-state index in [-0.39, 0.29) is 15.6 Å². The van der Waals surface area contributed by atoms with Crippen molar-refractivity contribution in [2.45, 2.75) is 0 Å². The summed E-state index contributed by atoms with van der Waals surface area (Å²) in [6, 6.07) is 3.16. The Balaban J connectivity index is 3.32. The van der Waals surface area contributed by atoms with Crippen molar-refractivity contribution in [1.82, 2.24) is 0 Å². The Morgan fingerprint density at radius 2 is 1.85 bits per heavy atom. The number of Topliss-reactive ketones (excluding diaryl/α,β-unsaturated/α-hetero) is 1. The van der Waals surface area contributed by atoms with Crippen LogP contribution in [0.25, 0.3) is 0 Å². The van der Waals surface area contributed by atoms with Crippen LogP contribution in [0.5, 0.6) is 0 Å². The molecule has 5 heteroatoms. The normalized spacial score (nSPS) is 16.4. The lowest BCUT2D eigenvalue weighted by Crippen LogP contribution is -2.14. The van der Waals surface area contributed by atoms with E-state index in [4.69, 9.17) is 10.5 Å². The predicted molar refractivity (Wildman–Crippen MR) is 45.3 cm³/mol. The molecule has 0 aromatic heterocycles. The molecule has 1 aliphatic carbocycles. The van der Waals surface area contributed by atoms with Gasteiger partial charge in [0.1, 0.15) is 23.3 Å². The molecule has 0 atom stereocenters. The van der Waals surface area contributed by atoms with Gasteiger partial charge in [-0.05, 0) is 15.9 Å². The Morgan fingerprint density at radius 3 is 2.31 bits per heavy atom. The number of nitrogens with zero attached hydrogens (tertiary/aromatic N) is 2. The first kappa shape index (κ1) is 9.37. The number of ketones is 2. The van der Waals surface area contributed by atoms with Gasteiger partial charge in [-0.3, -0.25) is 9.59 Å². The average molecular weight is 237 g/mol. The second-order valence-corrected chi connectivity index (χ2v) is 2.96. The van der Waals surface area contributed by atoms with Crippen molar-refractivity contribution in [2.24, 2.45) is 0 Å². The van der Waals surface area contributed by atoms with Crippen molar-refractivity contribution >= 4 is 27.5 Å². The Bertz CT molecular complexity index is 446. The Hall–Kier alpha value is -1.72. The van der Waals surface area contributed by atoms with E-state index in [1.807, 2.05) is 0 Å². The molecule has 62 valence electrons. The maximum Gasteiger partial charge on any atom is 0.212 e. The summed E-state index contributed by atoms with van der Waals surface area (Å²) in [4.78, 5) is 22.2. The van der Waals surface area contributed by atoms with Crippen LogP contribution in [0.2, 0.25) is 0 Å². The first-order valence-electron chi connectivity index (χ1n) is 3.12. The summed E-state index contributed by atoms with van der Waals surface area (Å²) >= 11 is 2.80. The summed E-state index contributed by atoms with van der Waals surface area (Å²) in [6.45, 7) is 0. The minimum absolute atomic E-state index is 0.140. The zero-order chi connectivity index (χ0) is 10.0. The molecular weight excluding hydrogens is 236 g/mol. The van der Waals surface area contributed by atoms with Crippen molar-refractivity contribution in [1.29, 1.82) is 10.5 Å². The summed E-state index contributed by atoms with van der Waals surface area (Å²) in [5.41, 5.74) is -0.514. The van der Waals surface area contributed by atoms with Gasteiger partial charge in [-0.2, -0.15) is 10.5 Å². The van der Waals surface area contributed by atoms with E-state index in [0.717, 1.165) is 6.08 Å². The summed E-state index contributed by atoms with van der Waals surface area (Å²) in [5.74, 6) is -1.25. The fraction of sp³-hybridized carbons (Fsp3) is 0. The molecular formula is C8HBrN2O2. The van der Waals surface area contributed by atoms with Crippen LogP contribution in [0.15, 0.2) is 21.7 Å². The molecule has 0 aromatic rings. The summed E-state index contributed by atoms with van der Waals surface area (Å²) in [7, 11) is 0. The smallest absolute Gasteiger partial charge is 0.212 e. The number of carbonyl (C=O) groups is 2. The lowest BCUT2D eigenvalue weighted by Gasteiger charge is -2.04. The van der Waals surface area contributed by atoms with Gasteiger partial charge in [0, 0.05) is 6.08 Å². The van der Waals surface area contributed by atoms with Gasteiger partial charge in [-0.25, -0.2) is 0 Å². The third-order valence-electron chi connectivity index (χ3n) is 1.42. The molecule has 13 heavy (non-hydrogen) atoms. The van der Waals surface area contributed by atoms with E-state index in [2.05, 4.69) is 15.9 Å². The van der Waals surface area contributed by atoms with E-state index in [1.165, 1.54) is 0 Å². The molecule has 0 aromatic carbocycles. The number of halogens is 1. The zero-order valence-electron chi connectivity index (χ0n) is 6.17. The summed E-state index contributed by atoms with van der Waals surface area (Å²) in [6.07, 6.45) is 0.867. The first-order valence-corrected chi connectivity index (χ1v) is 3.91. The fourth-order valence-electron chi connectivity index (χ4n) is 0.796. The molecule has 0 saturated heterocycles. The predicted octanol–water partition coefficient (Wildman–Crippen LogP) is 0.761. The van der Waals surface area contributed by atoms with Crippen LogP contribution in [-0.2, 0) is 9.59 Å². The van der Waals surface area contributed by atoms with E-state index in [1.54, 1.807) is 12.1 Å². The fourth-order valence-corrected chi connectivity index (χ4v) is 1.29. The molecule has 1 rings (SSSR count). The van der Waals surface area contributed by atoms with Crippen LogP contribution < -0.4 is 0 Å². The molecule has 0 unspecified atom stereocenters. The number of rotatable bonds is 0. The van der Waals surface area contributed by atoms with Crippen molar-refractivity contribution in [3.8, 4) is 12.1 Å². The quantitative estimate of drug-likeness (QED) is 0.582. The van der Waals surface area contributed by atoms with Gasteiger partial charge in [-0.15, -0.1) is 0 Å². The molecule has 0 saturated carbocycles. The molecule has 1 aliphatic rings. The zero-order valence-corrected chi connectivity index (χ0v) is 7.75. The monoisotopic (exact) mass is 236 g/mol. The first-order chi connectivity index (χ1) is 6.11. The van der Waals surface area contributed by atoms with Gasteiger partial charge in [0.2, 0.25) is 5.78 Å². The number of nitriles is 2. The molecule has 0 aliphatic heterocycles. The Morgan fingerprint density at radius 1 is 1.23 bits per heavy atom. The Labute approximate surface area is 81.9 Å². The van der Waals surface area contributed by atoms with Gasteiger partial charge in [0.05, 0.1) is 4.48 Å². The van der Waals surface area contributed by atoms with Gasteiger partial charge >= 0.3 is 0 Å². The van der Waals surface area contributed by atoms with Crippen LogP contribution in [0.4, 0.5) is 0 Å². The molecule has 0 fully saturated rings. The van der Waals surface area contributed by atoms with Crippen LogP contribution in [0.3, 0.4) is 0 Å². The van der Waals surface area contributed by atoms with Crippen molar-refractivity contribution in [3.05, 3.63) is 21.7 Å². The third kappa shape index (κ3) is 1.42. The number of hydrogen-bond acceptors (Lipinski definition) is 4. The molecule has 0 N–H and O–H groups in total. The highest BCUT2D eigenvalue weighted by Gasteiger charge is 2.26. The van der Waals surface area contributed by atoms with Crippen LogP contribution in [0.1, 0.15) is 0 Å². The maximum atomic E-state index is 11.2. The minimum Gasteiger partial charge on any atom is -0.288 e. The van der Waals surface area contributed by atoms with Crippen molar-refractivity contribution in [2.75, 3.05) is 0 Å². The van der Waals surface area contributed by atoms with E-state index >= 15 is 0 Å². The molecule has 0 bridgehead atoms. The molecule has 4 nitrogen and oxygen atoms in total. The highest BCUT2D eigenvalue weighted by atomic mass is 79.9. The lowest BCUT2D eigenvalue weighted by atomic mass is 9.99. The second-order valence-electron chi connectivity index (χ2n) is 2.16. The number of allylic oxidation sites excluding steroid dienone is 4. The summed E-state index contributed by atoms with van der Waals surface area (Å²) < 4.78 is -0.140. The van der Waals surface area contributed by atoms with Gasteiger partial charge in [0.25, 0.3) is 0 Å². The van der Waals surface area contributed by atoms with Crippen molar-refractivity contribution < 1.29 is 9.59 Å². The standard InChI is InChI=1S/C8HBrN2O2/c9-7-5(3-11)6(12)1-4(2-10)8(7)13/h1H. The van der Waals surface area contributed by atoms with E-state index in [9.17, 15) is 9.59 Å². The Kier molecular flexibility index (Phi) is 2.41. The van der Waals surface area contributed by atoms with E-state index in [0.29, 0.717) is 0 Å². The second kappa shape index (κ2) is 3.34. The number of carbonyl (C=O) groups excluding carboxylic acids is 2. The minimum atomic E-state index is -0.626. The summed E-state index contributed by atoms with van der Waals surface area (Å²) in [5, 5.41) is 16.9. The molecule has 0 heterocycles. The third-order valence-corrected chi connectivity index (χ3v) is 2.17. The van der Waals surface area contributed by atoms with Crippen LogP contribution in [0, 0.1) is 22.7 Å². The van der Waals surface area contributed by atoms with Crippen LogP contribution in [-0.4, -0.2) is 11.6 Å². The maximum absolute atomic E-state index is 11.2. The largest absolute Gasteiger partial charge is 0.288 e. The van der Waals surface area contributed by atoms with Gasteiger partial charge in [0.15, 0.2) is 5.78 Å². The molecule has 0 amide bonds. The average Bonchev–Trinajstić information content (AvgIpc) is 2.12. The van der Waals surface area contributed by atoms with Gasteiger partial charge in [-0.1, -0.05) is 0 Å². The number of hydrogen-bond donors (Lipinski definition) is 0. The van der Waals surface area contributed by atoms with Crippen molar-refractivity contribution in [3.63, 3.8) is 0 Å². The highest BCUT2D eigenvalue weighted by molar-refractivity contribution is 9.12. The van der Waals surface area contributed by atoms with Crippen LogP contribution >= 0.6 is 15.9 Å².